The number of nitrogen functional groups attached to an aromatic ring is 1. The summed E-state index contributed by atoms with van der Waals surface area (Å²) in [5.41, 5.74) is 18.2. The summed E-state index contributed by atoms with van der Waals surface area (Å²) < 4.78 is 21.2. The molecule has 0 radical (unpaired) electrons. The van der Waals surface area contributed by atoms with E-state index in [-0.39, 0.29) is 0 Å². The molecular weight excluding hydrogens is 406 g/mol. The first-order valence-electron chi connectivity index (χ1n) is 8.88. The van der Waals surface area contributed by atoms with E-state index in [9.17, 15) is 4.79 Å². The van der Waals surface area contributed by atoms with Gasteiger partial charge in [-0.3, -0.25) is 4.79 Å². The van der Waals surface area contributed by atoms with Crippen LogP contribution in [0.1, 0.15) is 11.1 Å². The normalized spacial score (nSPS) is 11.3. The first-order chi connectivity index (χ1) is 14.3. The number of rotatable bonds is 8. The predicted molar refractivity (Wildman–Crippen MR) is 123 cm³/mol. The first kappa shape index (κ1) is 25.0. The van der Waals surface area contributed by atoms with Gasteiger partial charge in [-0.2, -0.15) is 12.6 Å². The van der Waals surface area contributed by atoms with Gasteiger partial charge in [0, 0.05) is 5.75 Å². The zero-order valence-electron chi connectivity index (χ0n) is 17.5. The zero-order valence-corrected chi connectivity index (χ0v) is 18.4. The zero-order chi connectivity index (χ0) is 22.7. The van der Waals surface area contributed by atoms with Crippen molar-refractivity contribution in [1.82, 2.24) is 0 Å². The van der Waals surface area contributed by atoms with Crippen molar-refractivity contribution in [2.75, 3.05) is 39.9 Å². The number of methoxy groups -OCH3 is 4. The van der Waals surface area contributed by atoms with Crippen LogP contribution in [0.5, 0.6) is 23.0 Å². The van der Waals surface area contributed by atoms with Crippen molar-refractivity contribution in [2.24, 2.45) is 11.5 Å². The highest BCUT2D eigenvalue weighted by Gasteiger charge is 2.12. The minimum atomic E-state index is -0.594. The molecule has 8 nitrogen and oxygen atoms in total. The van der Waals surface area contributed by atoms with Crippen LogP contribution < -0.4 is 36.1 Å². The molecule has 0 saturated heterocycles. The van der Waals surface area contributed by atoms with Crippen LogP contribution in [-0.4, -0.2) is 46.1 Å². The van der Waals surface area contributed by atoms with Crippen LogP contribution >= 0.6 is 12.6 Å². The highest BCUT2D eigenvalue weighted by atomic mass is 32.1. The molecule has 0 fully saturated rings. The molecule has 0 spiro atoms. The fraction of sp³-hybridized carbons (Fsp3) is 0.286. The summed E-state index contributed by atoms with van der Waals surface area (Å²) >= 11 is 3.73. The van der Waals surface area contributed by atoms with Gasteiger partial charge in [-0.1, -0.05) is 18.2 Å². The first-order valence-corrected chi connectivity index (χ1v) is 9.51. The number of thiol groups is 1. The van der Waals surface area contributed by atoms with E-state index in [1.54, 1.807) is 28.4 Å². The van der Waals surface area contributed by atoms with Crippen LogP contribution in [-0.2, 0) is 4.79 Å². The molecule has 6 N–H and O–H groups in total. The minimum absolute atomic E-state index is 0.315. The maximum Gasteiger partial charge on any atom is 0.235 e. The molecule has 0 aliphatic carbocycles. The third kappa shape index (κ3) is 7.09. The van der Waals surface area contributed by atoms with E-state index in [0.29, 0.717) is 34.4 Å². The molecule has 0 aliphatic rings. The van der Waals surface area contributed by atoms with E-state index < -0.39 is 11.9 Å². The van der Waals surface area contributed by atoms with Crippen LogP contribution in [0.2, 0.25) is 0 Å². The number of benzene rings is 2. The van der Waals surface area contributed by atoms with Gasteiger partial charge in [-0.05, 0) is 35.4 Å². The standard InChI is InChI=1S/C18H21NO4.C3H8N2OS/c1-20-15-8-7-12(9-14(15)19)5-6-13-10-16(21-2)18(23-4)17(11-13)22-3;4-2(1-7)3(5)6/h5-11H,19H2,1-4H3;2,7H,1,4H2,(H2,5,6)/t;2-/m.1/s1. The molecule has 164 valence electrons. The summed E-state index contributed by atoms with van der Waals surface area (Å²) in [4.78, 5) is 9.98. The fourth-order valence-corrected chi connectivity index (χ4v) is 2.52. The lowest BCUT2D eigenvalue weighted by atomic mass is 10.1. The monoisotopic (exact) mass is 435 g/mol. The van der Waals surface area contributed by atoms with Gasteiger partial charge >= 0.3 is 0 Å². The second-order valence-corrected chi connectivity index (χ2v) is 6.35. The second kappa shape index (κ2) is 12.5. The summed E-state index contributed by atoms with van der Waals surface area (Å²) in [5, 5.41) is 0. The Bertz CT molecular complexity index is 849. The Labute approximate surface area is 182 Å². The van der Waals surface area contributed by atoms with Crippen molar-refractivity contribution >= 4 is 36.4 Å². The van der Waals surface area contributed by atoms with Crippen LogP contribution in [0.4, 0.5) is 5.69 Å². The SMILES string of the molecule is COc1ccc(C=Cc2cc(OC)c(OC)c(OC)c2)cc1N.NC(=O)[C@H](N)CS. The number of hydrogen-bond donors (Lipinski definition) is 4. The molecule has 0 unspecified atom stereocenters. The fourth-order valence-electron chi connectivity index (χ4n) is 2.34. The summed E-state index contributed by atoms with van der Waals surface area (Å²) in [6, 6.07) is 8.79. The molecule has 0 aliphatic heterocycles. The van der Waals surface area contributed by atoms with Gasteiger partial charge in [0.1, 0.15) is 5.75 Å². The molecule has 9 heteroatoms. The molecule has 0 heterocycles. The Hall–Kier alpha value is -3.04. The molecule has 1 amide bonds. The predicted octanol–water partition coefficient (Wildman–Crippen LogP) is 2.20. The summed E-state index contributed by atoms with van der Waals surface area (Å²) in [5.74, 6) is 2.27. The Morgan fingerprint density at radius 3 is 1.83 bits per heavy atom. The smallest absolute Gasteiger partial charge is 0.235 e. The lowest BCUT2D eigenvalue weighted by Gasteiger charge is -2.12. The minimum Gasteiger partial charge on any atom is -0.495 e. The summed E-state index contributed by atoms with van der Waals surface area (Å²) in [6.07, 6.45) is 3.90. The van der Waals surface area contributed by atoms with Crippen LogP contribution in [0, 0.1) is 0 Å². The third-order valence-corrected chi connectivity index (χ3v) is 4.36. The number of carbonyl (C=O) groups is 1. The number of carbonyl (C=O) groups excluding carboxylic acids is 1. The van der Waals surface area contributed by atoms with Crippen molar-refractivity contribution in [3.8, 4) is 23.0 Å². The number of anilines is 1. The van der Waals surface area contributed by atoms with Crippen LogP contribution in [0.15, 0.2) is 30.3 Å². The topological polar surface area (TPSA) is 132 Å². The van der Waals surface area contributed by atoms with Crippen molar-refractivity contribution in [3.63, 3.8) is 0 Å². The van der Waals surface area contributed by atoms with Crippen molar-refractivity contribution in [1.29, 1.82) is 0 Å². The molecule has 2 aromatic rings. The number of hydrogen-bond acceptors (Lipinski definition) is 8. The summed E-state index contributed by atoms with van der Waals surface area (Å²) in [6.45, 7) is 0. The van der Waals surface area contributed by atoms with E-state index in [1.165, 1.54) is 0 Å². The van der Waals surface area contributed by atoms with E-state index >= 15 is 0 Å². The summed E-state index contributed by atoms with van der Waals surface area (Å²) in [7, 11) is 6.36. The lowest BCUT2D eigenvalue weighted by Crippen LogP contribution is -2.37. The van der Waals surface area contributed by atoms with Gasteiger partial charge in [0.15, 0.2) is 11.5 Å². The highest BCUT2D eigenvalue weighted by molar-refractivity contribution is 7.80. The number of ether oxygens (including phenoxy) is 4. The Balaban J connectivity index is 0.000000553. The molecule has 30 heavy (non-hydrogen) atoms. The Morgan fingerprint density at radius 2 is 1.47 bits per heavy atom. The van der Waals surface area contributed by atoms with Gasteiger partial charge in [-0.25, -0.2) is 0 Å². The van der Waals surface area contributed by atoms with Crippen LogP contribution in [0.3, 0.4) is 0 Å². The molecular formula is C21H29N3O5S. The molecule has 2 rings (SSSR count). The number of amides is 1. The second-order valence-electron chi connectivity index (χ2n) is 5.98. The molecule has 1 atom stereocenters. The number of nitrogens with two attached hydrogens (primary N) is 3. The van der Waals surface area contributed by atoms with Gasteiger partial charge in [0.2, 0.25) is 11.7 Å². The maximum atomic E-state index is 9.98. The third-order valence-electron chi connectivity index (χ3n) is 3.97. The largest absolute Gasteiger partial charge is 0.495 e. The van der Waals surface area contributed by atoms with Gasteiger partial charge in [0.25, 0.3) is 0 Å². The van der Waals surface area contributed by atoms with Crippen molar-refractivity contribution in [3.05, 3.63) is 41.5 Å². The molecule has 0 saturated carbocycles. The van der Waals surface area contributed by atoms with Gasteiger partial charge < -0.3 is 36.1 Å². The lowest BCUT2D eigenvalue weighted by molar-refractivity contribution is -0.118. The highest BCUT2D eigenvalue weighted by Crippen LogP contribution is 2.38. The average Bonchev–Trinajstić information content (AvgIpc) is 2.76. The molecule has 2 aromatic carbocycles. The van der Waals surface area contributed by atoms with Crippen LogP contribution in [0.25, 0.3) is 12.2 Å². The average molecular weight is 436 g/mol. The van der Waals surface area contributed by atoms with E-state index in [4.69, 9.17) is 36.1 Å². The Morgan fingerprint density at radius 1 is 0.933 bits per heavy atom. The van der Waals surface area contributed by atoms with Gasteiger partial charge in [-0.15, -0.1) is 0 Å². The molecule has 0 aromatic heterocycles. The maximum absolute atomic E-state index is 9.98. The van der Waals surface area contributed by atoms with Crippen molar-refractivity contribution < 1.29 is 23.7 Å². The Kier molecular flexibility index (Phi) is 10.4. The van der Waals surface area contributed by atoms with E-state index in [2.05, 4.69) is 12.6 Å². The number of primary amides is 1. The molecule has 0 bridgehead atoms. The van der Waals surface area contributed by atoms with Gasteiger partial charge in [0.05, 0.1) is 40.2 Å². The van der Waals surface area contributed by atoms with E-state index in [1.807, 2.05) is 42.5 Å². The van der Waals surface area contributed by atoms with Crippen molar-refractivity contribution in [2.45, 2.75) is 6.04 Å². The quantitative estimate of drug-likeness (QED) is 0.284. The van der Waals surface area contributed by atoms with E-state index in [0.717, 1.165) is 11.1 Å².